The highest BCUT2D eigenvalue weighted by Gasteiger charge is 2.21. The van der Waals surface area contributed by atoms with Crippen LogP contribution in [0.1, 0.15) is 63.1 Å². The number of ether oxygens (including phenoxy) is 1. The van der Waals surface area contributed by atoms with E-state index in [1.165, 1.54) is 13.3 Å². The predicted octanol–water partition coefficient (Wildman–Crippen LogP) is 2.97. The summed E-state index contributed by atoms with van der Waals surface area (Å²) in [6.45, 7) is 5.95. The van der Waals surface area contributed by atoms with Gasteiger partial charge in [-0.2, -0.15) is 0 Å². The third kappa shape index (κ3) is 6.96. The van der Waals surface area contributed by atoms with Gasteiger partial charge >= 0.3 is 0 Å². The van der Waals surface area contributed by atoms with Gasteiger partial charge in [0.05, 0.1) is 19.3 Å². The lowest BCUT2D eigenvalue weighted by molar-refractivity contribution is -0.119. The normalized spacial score (nSPS) is 11.7. The molecule has 9 nitrogen and oxygen atoms in total. The Morgan fingerprint density at radius 1 is 1.11 bits per heavy atom. The maximum absolute atomic E-state index is 12.7. The number of hydrogen-bond donors (Lipinski definition) is 2. The molecule has 3 N–H and O–H groups in total. The number of primary amides is 1. The standard InChI is InChI=1S/C27H31N5O4/c1-17-10-21(8-9-24(17)19(3)33)18(2)32(15-26(28)34)14-22-12-25(31-16-30-22)27(35)29-13-20-6-5-7-23(11-20)36-4/h5-12,16,18H,13-15H2,1-4H3,(H2,28,34)(H,29,35)/t18-/m0/s1. The Hall–Kier alpha value is -4.11. The minimum Gasteiger partial charge on any atom is -0.497 e. The van der Waals surface area contributed by atoms with Crippen LogP contribution in [0.4, 0.5) is 0 Å². The molecule has 2 amide bonds. The van der Waals surface area contributed by atoms with Crippen LogP contribution in [0.3, 0.4) is 0 Å². The highest BCUT2D eigenvalue weighted by atomic mass is 16.5. The molecule has 9 heteroatoms. The summed E-state index contributed by atoms with van der Waals surface area (Å²) in [4.78, 5) is 46.6. The van der Waals surface area contributed by atoms with Crippen LogP contribution >= 0.6 is 0 Å². The molecule has 0 bridgehead atoms. The van der Waals surface area contributed by atoms with Crippen molar-refractivity contribution in [3.8, 4) is 5.75 Å². The van der Waals surface area contributed by atoms with Crippen molar-refractivity contribution in [2.24, 2.45) is 5.73 Å². The topological polar surface area (TPSA) is 128 Å². The predicted molar refractivity (Wildman–Crippen MR) is 135 cm³/mol. The number of amides is 2. The van der Waals surface area contributed by atoms with Crippen LogP contribution in [0.15, 0.2) is 54.9 Å². The number of benzene rings is 2. The number of aromatic nitrogens is 2. The zero-order chi connectivity index (χ0) is 26.2. The highest BCUT2D eigenvalue weighted by Crippen LogP contribution is 2.24. The summed E-state index contributed by atoms with van der Waals surface area (Å²) in [6.07, 6.45) is 1.33. The van der Waals surface area contributed by atoms with Crippen molar-refractivity contribution in [3.63, 3.8) is 0 Å². The Bertz CT molecular complexity index is 1260. The number of aryl methyl sites for hydroxylation is 1. The molecular formula is C27H31N5O4. The third-order valence-electron chi connectivity index (χ3n) is 5.93. The Labute approximate surface area is 210 Å². The summed E-state index contributed by atoms with van der Waals surface area (Å²) in [5.41, 5.74) is 9.66. The number of ketones is 1. The highest BCUT2D eigenvalue weighted by molar-refractivity contribution is 5.95. The van der Waals surface area contributed by atoms with E-state index in [2.05, 4.69) is 15.3 Å². The van der Waals surface area contributed by atoms with Gasteiger partial charge in [-0.1, -0.05) is 30.3 Å². The van der Waals surface area contributed by atoms with Crippen molar-refractivity contribution in [2.75, 3.05) is 13.7 Å². The molecule has 188 valence electrons. The largest absolute Gasteiger partial charge is 0.497 e. The number of carbonyl (C=O) groups is 3. The molecule has 0 radical (unpaired) electrons. The Balaban J connectivity index is 1.74. The summed E-state index contributed by atoms with van der Waals surface area (Å²) >= 11 is 0. The fourth-order valence-corrected chi connectivity index (χ4v) is 3.95. The molecule has 0 aliphatic carbocycles. The first-order chi connectivity index (χ1) is 17.2. The third-order valence-corrected chi connectivity index (χ3v) is 5.93. The summed E-state index contributed by atoms with van der Waals surface area (Å²) in [5, 5.41) is 2.85. The molecule has 3 rings (SSSR count). The quantitative estimate of drug-likeness (QED) is 0.396. The van der Waals surface area contributed by atoms with Crippen molar-refractivity contribution in [1.82, 2.24) is 20.2 Å². The second-order valence-corrected chi connectivity index (χ2v) is 8.61. The first kappa shape index (κ1) is 26.5. The van der Waals surface area contributed by atoms with Gasteiger partial charge in [-0.15, -0.1) is 0 Å². The molecule has 0 unspecified atom stereocenters. The van der Waals surface area contributed by atoms with E-state index in [0.717, 1.165) is 16.7 Å². The van der Waals surface area contributed by atoms with E-state index in [-0.39, 0.29) is 36.5 Å². The molecule has 0 aliphatic rings. The zero-order valence-electron chi connectivity index (χ0n) is 20.9. The Morgan fingerprint density at radius 3 is 2.56 bits per heavy atom. The number of carbonyl (C=O) groups excluding carboxylic acids is 3. The van der Waals surface area contributed by atoms with E-state index in [0.29, 0.717) is 23.6 Å². The SMILES string of the molecule is COc1cccc(CNC(=O)c2cc(CN(CC(N)=O)[C@@H](C)c3ccc(C(C)=O)c(C)c3)ncn2)c1. The molecule has 2 aromatic carbocycles. The van der Waals surface area contributed by atoms with Crippen LogP contribution in [0, 0.1) is 6.92 Å². The van der Waals surface area contributed by atoms with Crippen LogP contribution < -0.4 is 15.8 Å². The van der Waals surface area contributed by atoms with Crippen molar-refractivity contribution in [2.45, 2.75) is 39.9 Å². The number of hydrogen-bond acceptors (Lipinski definition) is 7. The molecule has 0 spiro atoms. The lowest BCUT2D eigenvalue weighted by Gasteiger charge is -2.28. The number of rotatable bonds is 11. The van der Waals surface area contributed by atoms with Crippen LogP contribution in [0.5, 0.6) is 5.75 Å². The van der Waals surface area contributed by atoms with Gasteiger partial charge in [0, 0.05) is 24.7 Å². The smallest absolute Gasteiger partial charge is 0.270 e. The van der Waals surface area contributed by atoms with Crippen LogP contribution in [0.2, 0.25) is 0 Å². The Morgan fingerprint density at radius 2 is 1.89 bits per heavy atom. The van der Waals surface area contributed by atoms with Gasteiger partial charge in [0.1, 0.15) is 17.8 Å². The molecule has 1 aromatic heterocycles. The van der Waals surface area contributed by atoms with Gasteiger partial charge in [0.15, 0.2) is 5.78 Å². The minimum atomic E-state index is -0.482. The van der Waals surface area contributed by atoms with Gasteiger partial charge in [-0.25, -0.2) is 9.97 Å². The lowest BCUT2D eigenvalue weighted by Crippen LogP contribution is -2.35. The van der Waals surface area contributed by atoms with Crippen molar-refractivity contribution in [3.05, 3.63) is 88.5 Å². The number of nitrogens with zero attached hydrogens (tertiary/aromatic N) is 3. The van der Waals surface area contributed by atoms with Gasteiger partial charge in [0.25, 0.3) is 5.91 Å². The van der Waals surface area contributed by atoms with Crippen LogP contribution in [0.25, 0.3) is 0 Å². The second-order valence-electron chi connectivity index (χ2n) is 8.61. The molecule has 1 heterocycles. The fourth-order valence-electron chi connectivity index (χ4n) is 3.95. The summed E-state index contributed by atoms with van der Waals surface area (Å²) < 4.78 is 5.21. The van der Waals surface area contributed by atoms with E-state index in [4.69, 9.17) is 10.5 Å². The minimum absolute atomic E-state index is 0.00103. The summed E-state index contributed by atoms with van der Waals surface area (Å²) in [6, 6.07) is 14.4. The van der Waals surface area contributed by atoms with Gasteiger partial charge < -0.3 is 15.8 Å². The monoisotopic (exact) mass is 489 g/mol. The summed E-state index contributed by atoms with van der Waals surface area (Å²) in [7, 11) is 1.59. The average Bonchev–Trinajstić information content (AvgIpc) is 2.86. The van der Waals surface area contributed by atoms with Crippen LogP contribution in [-0.4, -0.2) is 46.1 Å². The maximum Gasteiger partial charge on any atom is 0.270 e. The van der Waals surface area contributed by atoms with Crippen molar-refractivity contribution in [1.29, 1.82) is 0 Å². The molecule has 0 saturated carbocycles. The molecule has 36 heavy (non-hydrogen) atoms. The van der Waals surface area contributed by atoms with E-state index < -0.39 is 5.91 Å². The van der Waals surface area contributed by atoms with E-state index in [1.54, 1.807) is 19.2 Å². The first-order valence-electron chi connectivity index (χ1n) is 11.5. The number of methoxy groups -OCH3 is 1. The van der Waals surface area contributed by atoms with Crippen LogP contribution in [-0.2, 0) is 17.9 Å². The molecule has 0 fully saturated rings. The van der Waals surface area contributed by atoms with Crippen molar-refractivity contribution >= 4 is 17.6 Å². The zero-order valence-corrected chi connectivity index (χ0v) is 20.9. The molecular weight excluding hydrogens is 458 g/mol. The number of nitrogens with two attached hydrogens (primary N) is 1. The molecule has 0 aliphatic heterocycles. The van der Waals surface area contributed by atoms with Gasteiger partial charge in [0.2, 0.25) is 5.91 Å². The van der Waals surface area contributed by atoms with Gasteiger partial charge in [-0.3, -0.25) is 19.3 Å². The summed E-state index contributed by atoms with van der Waals surface area (Å²) in [5.74, 6) is -0.115. The lowest BCUT2D eigenvalue weighted by atomic mass is 9.98. The van der Waals surface area contributed by atoms with Gasteiger partial charge in [-0.05, 0) is 55.7 Å². The van der Waals surface area contributed by atoms with Crippen molar-refractivity contribution < 1.29 is 19.1 Å². The maximum atomic E-state index is 12.7. The second kappa shape index (κ2) is 12.0. The number of nitrogens with one attached hydrogen (secondary N) is 1. The number of Topliss-reactive ketones (excluding diaryl/α,β-unsaturated/α-hetero) is 1. The fraction of sp³-hybridized carbons (Fsp3) is 0.296. The molecule has 0 saturated heterocycles. The average molecular weight is 490 g/mol. The first-order valence-corrected chi connectivity index (χ1v) is 11.5. The molecule has 1 atom stereocenters. The molecule has 3 aromatic rings. The van der Waals surface area contributed by atoms with E-state index in [9.17, 15) is 14.4 Å². The van der Waals surface area contributed by atoms with E-state index >= 15 is 0 Å². The Kier molecular flexibility index (Phi) is 8.86. The van der Waals surface area contributed by atoms with E-state index in [1.807, 2.05) is 55.1 Å².